The van der Waals surface area contributed by atoms with Crippen LogP contribution in [0, 0.1) is 13.8 Å². The molecule has 2 N–H and O–H groups in total. The van der Waals surface area contributed by atoms with Crippen molar-refractivity contribution < 1.29 is 9.21 Å². The number of aromatic amines is 1. The zero-order chi connectivity index (χ0) is 19.7. The van der Waals surface area contributed by atoms with Gasteiger partial charge in [0.25, 0.3) is 5.56 Å². The third-order valence-electron chi connectivity index (χ3n) is 4.83. The number of piperazine rings is 1. The van der Waals surface area contributed by atoms with Crippen LogP contribution >= 0.6 is 0 Å². The summed E-state index contributed by atoms with van der Waals surface area (Å²) in [7, 11) is 0. The number of carbonyl (C=O) groups is 1. The molecule has 1 amide bonds. The predicted octanol–water partition coefficient (Wildman–Crippen LogP) is 0.684. The topological polar surface area (TPSA) is 120 Å². The third-order valence-corrected chi connectivity index (χ3v) is 4.83. The molecule has 1 fully saturated rings. The molecular weight excluding hydrogens is 362 g/mol. The maximum atomic E-state index is 12.5. The van der Waals surface area contributed by atoms with E-state index in [1.54, 1.807) is 32.3 Å². The monoisotopic (exact) mass is 383 g/mol. The van der Waals surface area contributed by atoms with Gasteiger partial charge in [0.2, 0.25) is 17.7 Å². The molecular formula is C18H21N7O3. The minimum Gasteiger partial charge on any atom is -0.444 e. The van der Waals surface area contributed by atoms with Gasteiger partial charge in [0.1, 0.15) is 11.1 Å². The lowest BCUT2D eigenvalue weighted by Gasteiger charge is -2.34. The summed E-state index contributed by atoms with van der Waals surface area (Å²) < 4.78 is 5.63. The molecule has 1 aliphatic heterocycles. The number of amides is 1. The molecule has 0 saturated carbocycles. The van der Waals surface area contributed by atoms with Gasteiger partial charge < -0.3 is 9.32 Å². The molecule has 28 heavy (non-hydrogen) atoms. The average Bonchev–Trinajstić information content (AvgIpc) is 3.03. The Bertz CT molecular complexity index is 1050. The highest BCUT2D eigenvalue weighted by molar-refractivity contribution is 6.01. The summed E-state index contributed by atoms with van der Waals surface area (Å²) >= 11 is 0. The number of nitrogens with zero attached hydrogens (tertiary/aromatic N) is 5. The molecule has 0 aliphatic carbocycles. The Balaban J connectivity index is 1.40. The minimum atomic E-state index is -0.385. The van der Waals surface area contributed by atoms with Crippen LogP contribution in [0.4, 0.5) is 11.8 Å². The van der Waals surface area contributed by atoms with Crippen LogP contribution in [0.25, 0.3) is 10.8 Å². The standard InChI is InChI=1S/C18H21N7O3/c1-11-14-12(2)28-17(15(14)16(27)23-22-11)21-13(26)10-24-6-8-25(9-7-24)18-19-4-3-5-20-18/h3-5H,6-10H2,1-2H3,(H,21,26)(H,23,27). The van der Waals surface area contributed by atoms with E-state index < -0.39 is 0 Å². The first-order valence-electron chi connectivity index (χ1n) is 9.05. The molecule has 10 nitrogen and oxygen atoms in total. The average molecular weight is 383 g/mol. The van der Waals surface area contributed by atoms with Crippen LogP contribution < -0.4 is 15.8 Å². The fourth-order valence-electron chi connectivity index (χ4n) is 3.46. The summed E-state index contributed by atoms with van der Waals surface area (Å²) in [5.41, 5.74) is 0.264. The quantitative estimate of drug-likeness (QED) is 0.675. The lowest BCUT2D eigenvalue weighted by Crippen LogP contribution is -2.49. The van der Waals surface area contributed by atoms with Crippen molar-refractivity contribution in [2.45, 2.75) is 13.8 Å². The van der Waals surface area contributed by atoms with Crippen molar-refractivity contribution in [2.24, 2.45) is 0 Å². The summed E-state index contributed by atoms with van der Waals surface area (Å²) in [5, 5.41) is 10.1. The van der Waals surface area contributed by atoms with Crippen molar-refractivity contribution in [3.8, 4) is 0 Å². The lowest BCUT2D eigenvalue weighted by atomic mass is 10.2. The van der Waals surface area contributed by atoms with E-state index in [1.807, 2.05) is 4.90 Å². The van der Waals surface area contributed by atoms with Crippen LogP contribution in [0.3, 0.4) is 0 Å². The van der Waals surface area contributed by atoms with Gasteiger partial charge in [-0.25, -0.2) is 15.1 Å². The summed E-state index contributed by atoms with van der Waals surface area (Å²) in [5.74, 6) is 1.19. The number of furan rings is 1. The Morgan fingerprint density at radius 1 is 1.18 bits per heavy atom. The predicted molar refractivity (Wildman–Crippen MR) is 103 cm³/mol. The molecule has 0 spiro atoms. The van der Waals surface area contributed by atoms with Crippen molar-refractivity contribution in [1.82, 2.24) is 25.1 Å². The summed E-state index contributed by atoms with van der Waals surface area (Å²) in [6, 6.07) is 1.78. The van der Waals surface area contributed by atoms with E-state index in [-0.39, 0.29) is 23.9 Å². The molecule has 0 aromatic carbocycles. The number of carbonyl (C=O) groups excluding carboxylic acids is 1. The van der Waals surface area contributed by atoms with Crippen molar-refractivity contribution in [3.05, 3.63) is 40.3 Å². The lowest BCUT2D eigenvalue weighted by molar-refractivity contribution is -0.117. The van der Waals surface area contributed by atoms with Gasteiger partial charge in [0.05, 0.1) is 17.6 Å². The van der Waals surface area contributed by atoms with Crippen LogP contribution in [0.2, 0.25) is 0 Å². The number of aromatic nitrogens is 4. The second kappa shape index (κ2) is 7.39. The van der Waals surface area contributed by atoms with E-state index in [9.17, 15) is 9.59 Å². The van der Waals surface area contributed by atoms with Crippen LogP contribution in [0.5, 0.6) is 0 Å². The molecule has 146 valence electrons. The molecule has 0 unspecified atom stereocenters. The van der Waals surface area contributed by atoms with E-state index in [0.29, 0.717) is 41.3 Å². The fraction of sp³-hybridized carbons (Fsp3) is 0.389. The van der Waals surface area contributed by atoms with Crippen LogP contribution in [0.1, 0.15) is 11.5 Å². The Hall–Kier alpha value is -3.27. The van der Waals surface area contributed by atoms with E-state index in [4.69, 9.17) is 4.42 Å². The number of hydrogen-bond acceptors (Lipinski definition) is 8. The van der Waals surface area contributed by atoms with Gasteiger partial charge in [-0.15, -0.1) is 0 Å². The van der Waals surface area contributed by atoms with Gasteiger partial charge in [-0.3, -0.25) is 19.8 Å². The van der Waals surface area contributed by atoms with Crippen molar-refractivity contribution in [2.75, 3.05) is 42.9 Å². The summed E-state index contributed by atoms with van der Waals surface area (Å²) in [4.78, 5) is 37.3. The van der Waals surface area contributed by atoms with Gasteiger partial charge in [-0.05, 0) is 19.9 Å². The Kier molecular flexibility index (Phi) is 4.78. The molecule has 4 rings (SSSR count). The molecule has 1 aliphatic rings. The SMILES string of the molecule is Cc1n[nH]c(=O)c2c(NC(=O)CN3CCN(c4ncccn4)CC3)oc(C)c12. The van der Waals surface area contributed by atoms with E-state index in [2.05, 4.69) is 30.4 Å². The summed E-state index contributed by atoms with van der Waals surface area (Å²) in [6.45, 7) is 6.65. The Morgan fingerprint density at radius 2 is 1.89 bits per heavy atom. The number of H-pyrrole nitrogens is 1. The number of fused-ring (bicyclic) bond motifs is 1. The number of anilines is 2. The van der Waals surface area contributed by atoms with Gasteiger partial charge in [0.15, 0.2) is 0 Å². The van der Waals surface area contributed by atoms with Gasteiger partial charge in [-0.2, -0.15) is 5.10 Å². The van der Waals surface area contributed by atoms with E-state index in [0.717, 1.165) is 13.1 Å². The molecule has 0 radical (unpaired) electrons. The van der Waals surface area contributed by atoms with E-state index in [1.165, 1.54) is 0 Å². The molecule has 0 bridgehead atoms. The van der Waals surface area contributed by atoms with E-state index >= 15 is 0 Å². The Labute approximate surface area is 160 Å². The zero-order valence-corrected chi connectivity index (χ0v) is 15.7. The van der Waals surface area contributed by atoms with Gasteiger partial charge in [-0.1, -0.05) is 0 Å². The first kappa shape index (κ1) is 18.1. The molecule has 3 aromatic heterocycles. The van der Waals surface area contributed by atoms with Crippen LogP contribution in [0.15, 0.2) is 27.7 Å². The second-order valence-electron chi connectivity index (χ2n) is 6.74. The first-order valence-corrected chi connectivity index (χ1v) is 9.05. The Morgan fingerprint density at radius 3 is 2.61 bits per heavy atom. The van der Waals surface area contributed by atoms with Crippen molar-refractivity contribution >= 4 is 28.5 Å². The molecule has 1 saturated heterocycles. The number of hydrogen-bond donors (Lipinski definition) is 2. The molecule has 0 atom stereocenters. The molecule has 10 heteroatoms. The van der Waals surface area contributed by atoms with Crippen LogP contribution in [-0.4, -0.2) is 63.7 Å². The zero-order valence-electron chi connectivity index (χ0n) is 15.7. The van der Waals surface area contributed by atoms with Gasteiger partial charge >= 0.3 is 0 Å². The fourth-order valence-corrected chi connectivity index (χ4v) is 3.46. The van der Waals surface area contributed by atoms with Gasteiger partial charge in [0, 0.05) is 38.6 Å². The first-order chi connectivity index (χ1) is 13.5. The normalized spacial score (nSPS) is 15.1. The third kappa shape index (κ3) is 3.46. The highest BCUT2D eigenvalue weighted by atomic mass is 16.4. The molecule has 3 aromatic rings. The number of nitrogens with one attached hydrogen (secondary N) is 2. The maximum Gasteiger partial charge on any atom is 0.277 e. The highest BCUT2D eigenvalue weighted by Gasteiger charge is 2.23. The van der Waals surface area contributed by atoms with Crippen molar-refractivity contribution in [3.63, 3.8) is 0 Å². The maximum absolute atomic E-state index is 12.5. The summed E-state index contributed by atoms with van der Waals surface area (Å²) in [6.07, 6.45) is 3.44. The second-order valence-corrected chi connectivity index (χ2v) is 6.74. The largest absolute Gasteiger partial charge is 0.444 e. The molecule has 4 heterocycles. The van der Waals surface area contributed by atoms with Crippen molar-refractivity contribution in [1.29, 1.82) is 0 Å². The van der Waals surface area contributed by atoms with Crippen LogP contribution in [-0.2, 0) is 4.79 Å². The number of aryl methyl sites for hydroxylation is 2. The number of rotatable bonds is 4. The minimum absolute atomic E-state index is 0.167. The highest BCUT2D eigenvalue weighted by Crippen LogP contribution is 2.28. The smallest absolute Gasteiger partial charge is 0.277 e.